The summed E-state index contributed by atoms with van der Waals surface area (Å²) in [6, 6.07) is 17.9. The number of hydrogen-bond acceptors (Lipinski definition) is 4. The van der Waals surface area contributed by atoms with Crippen LogP contribution in [0.5, 0.6) is 0 Å². The molecule has 0 N–H and O–H groups in total. The number of amides is 2. The Morgan fingerprint density at radius 3 is 2.28 bits per heavy atom. The van der Waals surface area contributed by atoms with Crippen LogP contribution >= 0.6 is 0 Å². The molecular formula is C24H29N3O2. The number of piperazine rings is 1. The summed E-state index contributed by atoms with van der Waals surface area (Å²) in [5, 5.41) is 0. The third kappa shape index (κ3) is 4.57. The van der Waals surface area contributed by atoms with Gasteiger partial charge in [-0.25, -0.2) is 4.90 Å². The van der Waals surface area contributed by atoms with Crippen LogP contribution in [-0.2, 0) is 16.0 Å². The number of imide groups is 1. The lowest BCUT2D eigenvalue weighted by Crippen LogP contribution is -2.52. The van der Waals surface area contributed by atoms with Gasteiger partial charge in [0.1, 0.15) is 0 Å². The second-order valence-corrected chi connectivity index (χ2v) is 8.09. The van der Waals surface area contributed by atoms with Crippen molar-refractivity contribution in [2.45, 2.75) is 32.2 Å². The summed E-state index contributed by atoms with van der Waals surface area (Å²) in [4.78, 5) is 31.5. The second-order valence-electron chi connectivity index (χ2n) is 8.09. The molecule has 2 amide bonds. The van der Waals surface area contributed by atoms with Crippen LogP contribution in [0, 0.1) is 6.92 Å². The second kappa shape index (κ2) is 8.89. The number of aryl methyl sites for hydroxylation is 2. The molecule has 5 heteroatoms. The van der Waals surface area contributed by atoms with Crippen molar-refractivity contribution in [2.24, 2.45) is 0 Å². The lowest BCUT2D eigenvalue weighted by atomic mass is 10.1. The number of carbonyl (C=O) groups excluding carboxylic acids is 2. The van der Waals surface area contributed by atoms with Gasteiger partial charge in [-0.1, -0.05) is 48.0 Å². The minimum absolute atomic E-state index is 0.0728. The Morgan fingerprint density at radius 2 is 1.59 bits per heavy atom. The highest BCUT2D eigenvalue weighted by molar-refractivity contribution is 6.22. The monoisotopic (exact) mass is 391 g/mol. The number of carbonyl (C=O) groups is 2. The Morgan fingerprint density at radius 1 is 0.897 bits per heavy atom. The van der Waals surface area contributed by atoms with Gasteiger partial charge >= 0.3 is 0 Å². The molecule has 152 valence electrons. The topological polar surface area (TPSA) is 43.9 Å². The Bertz CT molecular complexity index is 842. The highest BCUT2D eigenvalue weighted by atomic mass is 16.2. The van der Waals surface area contributed by atoms with E-state index in [0.29, 0.717) is 12.1 Å². The lowest BCUT2D eigenvalue weighted by molar-refractivity contribution is -0.123. The first-order valence-corrected chi connectivity index (χ1v) is 10.6. The van der Waals surface area contributed by atoms with Gasteiger partial charge in [0, 0.05) is 26.2 Å². The van der Waals surface area contributed by atoms with Crippen LogP contribution < -0.4 is 4.90 Å². The van der Waals surface area contributed by atoms with Gasteiger partial charge in [-0.15, -0.1) is 0 Å². The van der Waals surface area contributed by atoms with E-state index in [1.54, 1.807) is 0 Å². The molecule has 0 spiro atoms. The Labute approximate surface area is 172 Å². The molecule has 0 saturated carbocycles. The minimum atomic E-state index is -0.310. The third-order valence-electron chi connectivity index (χ3n) is 6.05. The number of rotatable bonds is 6. The Balaban J connectivity index is 1.28. The molecule has 2 aliphatic heterocycles. The number of anilines is 1. The summed E-state index contributed by atoms with van der Waals surface area (Å²) in [6.07, 6.45) is 2.54. The van der Waals surface area contributed by atoms with Crippen molar-refractivity contribution in [3.05, 3.63) is 65.7 Å². The zero-order valence-corrected chi connectivity index (χ0v) is 17.1. The summed E-state index contributed by atoms with van der Waals surface area (Å²) in [7, 11) is 0. The molecule has 2 aromatic carbocycles. The lowest BCUT2D eigenvalue weighted by Gasteiger charge is -2.37. The standard InChI is InChI=1S/C24H29N3O2/c1-19-9-11-21(12-10-19)27-23(28)18-22(24(27)29)26-16-14-25(15-17-26)13-5-8-20-6-3-2-4-7-20/h2-4,6-7,9-12,22H,5,8,13-18H2,1H3/t22-/m1/s1. The quantitative estimate of drug-likeness (QED) is 0.711. The molecular weight excluding hydrogens is 362 g/mol. The summed E-state index contributed by atoms with van der Waals surface area (Å²) in [6.45, 7) is 6.68. The molecule has 1 atom stereocenters. The van der Waals surface area contributed by atoms with Crippen LogP contribution in [0.15, 0.2) is 54.6 Å². The van der Waals surface area contributed by atoms with Crippen molar-refractivity contribution in [3.63, 3.8) is 0 Å². The molecule has 0 aromatic heterocycles. The third-order valence-corrected chi connectivity index (χ3v) is 6.05. The van der Waals surface area contributed by atoms with Crippen molar-refractivity contribution >= 4 is 17.5 Å². The van der Waals surface area contributed by atoms with E-state index in [1.807, 2.05) is 31.2 Å². The normalized spacial score (nSPS) is 21.1. The van der Waals surface area contributed by atoms with Gasteiger partial charge in [0.05, 0.1) is 18.2 Å². The van der Waals surface area contributed by atoms with Crippen molar-refractivity contribution in [1.29, 1.82) is 0 Å². The van der Waals surface area contributed by atoms with Gasteiger partial charge in [-0.3, -0.25) is 14.5 Å². The summed E-state index contributed by atoms with van der Waals surface area (Å²) >= 11 is 0. The number of nitrogens with zero attached hydrogens (tertiary/aromatic N) is 3. The molecule has 2 fully saturated rings. The van der Waals surface area contributed by atoms with Gasteiger partial charge in [0.25, 0.3) is 5.91 Å². The maximum atomic E-state index is 13.0. The average Bonchev–Trinajstić information content (AvgIpc) is 3.04. The maximum absolute atomic E-state index is 13.0. The van der Waals surface area contributed by atoms with E-state index >= 15 is 0 Å². The van der Waals surface area contributed by atoms with Gasteiger partial charge in [0.2, 0.25) is 5.91 Å². The molecule has 2 aliphatic rings. The van der Waals surface area contributed by atoms with Crippen molar-refractivity contribution in [1.82, 2.24) is 9.80 Å². The minimum Gasteiger partial charge on any atom is -0.301 e. The molecule has 2 saturated heterocycles. The van der Waals surface area contributed by atoms with Crippen molar-refractivity contribution in [2.75, 3.05) is 37.6 Å². The molecule has 0 unspecified atom stereocenters. The molecule has 4 rings (SSSR count). The SMILES string of the molecule is Cc1ccc(N2C(=O)C[C@@H](N3CCN(CCCc4ccccc4)CC3)C2=O)cc1. The van der Waals surface area contributed by atoms with E-state index in [0.717, 1.165) is 51.1 Å². The van der Waals surface area contributed by atoms with Crippen molar-refractivity contribution < 1.29 is 9.59 Å². The van der Waals surface area contributed by atoms with Gasteiger partial charge in [-0.05, 0) is 44.0 Å². The molecule has 29 heavy (non-hydrogen) atoms. The smallest absolute Gasteiger partial charge is 0.251 e. The predicted octanol–water partition coefficient (Wildman–Crippen LogP) is 2.88. The highest BCUT2D eigenvalue weighted by Crippen LogP contribution is 2.26. The maximum Gasteiger partial charge on any atom is 0.251 e. The van der Waals surface area contributed by atoms with Crippen LogP contribution in [0.1, 0.15) is 24.0 Å². The van der Waals surface area contributed by atoms with Crippen LogP contribution in [0.3, 0.4) is 0 Å². The zero-order valence-electron chi connectivity index (χ0n) is 17.1. The largest absolute Gasteiger partial charge is 0.301 e. The highest BCUT2D eigenvalue weighted by Gasteiger charge is 2.43. The fourth-order valence-electron chi connectivity index (χ4n) is 4.32. The van der Waals surface area contributed by atoms with Gasteiger partial charge in [-0.2, -0.15) is 0 Å². The van der Waals surface area contributed by atoms with E-state index in [1.165, 1.54) is 10.5 Å². The van der Waals surface area contributed by atoms with Crippen molar-refractivity contribution in [3.8, 4) is 0 Å². The number of benzene rings is 2. The average molecular weight is 392 g/mol. The summed E-state index contributed by atoms with van der Waals surface area (Å²) in [5.74, 6) is -0.162. The first-order valence-electron chi connectivity index (χ1n) is 10.6. The Kier molecular flexibility index (Phi) is 6.07. The van der Waals surface area contributed by atoms with E-state index < -0.39 is 0 Å². The Hall–Kier alpha value is -2.50. The van der Waals surface area contributed by atoms with Crippen LogP contribution in [-0.4, -0.2) is 60.4 Å². The summed E-state index contributed by atoms with van der Waals surface area (Å²) in [5.41, 5.74) is 3.19. The van der Waals surface area contributed by atoms with Gasteiger partial charge < -0.3 is 4.90 Å². The molecule has 5 nitrogen and oxygen atoms in total. The van der Waals surface area contributed by atoms with E-state index in [4.69, 9.17) is 0 Å². The van der Waals surface area contributed by atoms with E-state index in [9.17, 15) is 9.59 Å². The predicted molar refractivity (Wildman–Crippen MR) is 115 cm³/mol. The molecule has 0 radical (unpaired) electrons. The molecule has 0 bridgehead atoms. The first kappa shape index (κ1) is 19.8. The summed E-state index contributed by atoms with van der Waals surface area (Å²) < 4.78 is 0. The van der Waals surface area contributed by atoms with E-state index in [2.05, 4.69) is 40.1 Å². The van der Waals surface area contributed by atoms with Crippen LogP contribution in [0.2, 0.25) is 0 Å². The molecule has 0 aliphatic carbocycles. The van der Waals surface area contributed by atoms with Gasteiger partial charge in [0.15, 0.2) is 0 Å². The van der Waals surface area contributed by atoms with Crippen LogP contribution in [0.4, 0.5) is 5.69 Å². The number of hydrogen-bond donors (Lipinski definition) is 0. The fraction of sp³-hybridized carbons (Fsp3) is 0.417. The fourth-order valence-corrected chi connectivity index (χ4v) is 4.32. The molecule has 2 heterocycles. The van der Waals surface area contributed by atoms with Crippen LogP contribution in [0.25, 0.3) is 0 Å². The first-order chi connectivity index (χ1) is 14.1. The zero-order chi connectivity index (χ0) is 20.2. The molecule has 2 aromatic rings. The van der Waals surface area contributed by atoms with E-state index in [-0.39, 0.29) is 17.9 Å².